The Hall–Kier alpha value is -5.48. The van der Waals surface area contributed by atoms with E-state index in [9.17, 15) is 31.9 Å². The maximum Gasteiger partial charge on any atom is 0.406 e. The van der Waals surface area contributed by atoms with Gasteiger partial charge in [-0.25, -0.2) is 18.7 Å². The molecule has 304 valence electrons. The molecule has 2 aliphatic heterocycles. The zero-order valence-corrected chi connectivity index (χ0v) is 31.5. The van der Waals surface area contributed by atoms with Crippen LogP contribution in [0.2, 0.25) is 0 Å². The van der Waals surface area contributed by atoms with Gasteiger partial charge in [-0.1, -0.05) is 30.3 Å². The first-order valence-corrected chi connectivity index (χ1v) is 18.9. The van der Waals surface area contributed by atoms with Gasteiger partial charge in [-0.15, -0.1) is 0 Å². The van der Waals surface area contributed by atoms with Crippen LogP contribution in [0, 0.1) is 25.5 Å². The highest BCUT2D eigenvalue weighted by Crippen LogP contribution is 2.40. The zero-order chi connectivity index (χ0) is 41.0. The van der Waals surface area contributed by atoms with Crippen molar-refractivity contribution in [2.45, 2.75) is 78.0 Å². The Bertz CT molecular complexity index is 2540. The summed E-state index contributed by atoms with van der Waals surface area (Å²) in [6.07, 6.45) is -1.84. The number of benzene rings is 4. The van der Waals surface area contributed by atoms with E-state index in [1.807, 2.05) is 11.0 Å². The molecule has 1 atom stereocenters. The molecule has 2 aromatic heterocycles. The fourth-order valence-electron chi connectivity index (χ4n) is 8.37. The smallest absolute Gasteiger partial charge is 0.406 e. The van der Waals surface area contributed by atoms with Crippen molar-refractivity contribution in [2.75, 3.05) is 19.6 Å². The summed E-state index contributed by atoms with van der Waals surface area (Å²) < 4.78 is 112. The summed E-state index contributed by atoms with van der Waals surface area (Å²) in [6, 6.07) is 13.7. The molecule has 2 aliphatic rings. The molecule has 0 spiro atoms. The van der Waals surface area contributed by atoms with Crippen LogP contribution >= 0.6 is 0 Å². The number of imidazole rings is 1. The fourth-order valence-corrected chi connectivity index (χ4v) is 8.37. The van der Waals surface area contributed by atoms with Gasteiger partial charge in [0, 0.05) is 41.4 Å². The van der Waals surface area contributed by atoms with Gasteiger partial charge in [-0.2, -0.15) is 22.0 Å². The van der Waals surface area contributed by atoms with Crippen molar-refractivity contribution in [1.82, 2.24) is 24.3 Å². The standard InChI is InChI=1S/C42H38F7N5O4/c1-22-26(8-5-10-28(22)38-51-37-32(54(38)21-42(47,48)49)17-25(35(43)36(37)44)19-52-13-3-4-14-52)27-9-6-11-29(23(27)2)39-50-30-16-24(20-53-15-7-12-31(53)40(55)56)33(58-41(45)46)18-34(30)57-39/h5-6,8-11,16-18,31,41H,3-4,7,12-15,19-21H2,1-2H3,(H,55,56)/t31-/m0/s1. The van der Waals surface area contributed by atoms with Crippen LogP contribution < -0.4 is 4.74 Å². The van der Waals surface area contributed by atoms with Gasteiger partial charge in [0.1, 0.15) is 35.2 Å². The number of rotatable bonds is 11. The molecule has 0 radical (unpaired) electrons. The zero-order valence-electron chi connectivity index (χ0n) is 31.5. The van der Waals surface area contributed by atoms with Crippen LogP contribution in [0.5, 0.6) is 5.75 Å². The van der Waals surface area contributed by atoms with Crippen molar-refractivity contribution >= 4 is 28.1 Å². The third-order valence-corrected chi connectivity index (χ3v) is 11.2. The molecule has 6 aromatic rings. The SMILES string of the molecule is Cc1c(-c2nc3cc(CN4CCC[C@H]4C(=O)O)c(OC(F)F)cc3o2)cccc1-c1cccc(-c2nc3c(F)c(F)c(CN4CCCC4)cc3n2CC(F)(F)F)c1C. The molecule has 0 aliphatic carbocycles. The number of alkyl halides is 5. The maximum absolute atomic E-state index is 15.7. The molecular formula is C42H38F7N5O4. The average molecular weight is 810 g/mol. The highest BCUT2D eigenvalue weighted by molar-refractivity contribution is 5.87. The highest BCUT2D eigenvalue weighted by atomic mass is 19.4. The van der Waals surface area contributed by atoms with Crippen molar-refractivity contribution in [1.29, 1.82) is 0 Å². The minimum Gasteiger partial charge on any atom is -0.480 e. The van der Waals surface area contributed by atoms with E-state index in [0.717, 1.165) is 17.4 Å². The molecule has 4 heterocycles. The van der Waals surface area contributed by atoms with Crippen LogP contribution in [0.25, 0.3) is 56.1 Å². The Balaban J connectivity index is 1.19. The Morgan fingerprint density at radius 2 is 1.55 bits per heavy atom. The number of fused-ring (bicyclic) bond motifs is 2. The lowest BCUT2D eigenvalue weighted by Gasteiger charge is -2.22. The minimum absolute atomic E-state index is 0.0358. The van der Waals surface area contributed by atoms with Crippen LogP contribution in [-0.2, 0) is 24.4 Å². The van der Waals surface area contributed by atoms with Gasteiger partial charge in [-0.05, 0) is 99.6 Å². The molecule has 4 aromatic carbocycles. The van der Waals surface area contributed by atoms with Crippen molar-refractivity contribution < 1.29 is 49.8 Å². The number of oxazole rings is 1. The van der Waals surface area contributed by atoms with Crippen LogP contribution in [-0.4, -0.2) is 73.9 Å². The van der Waals surface area contributed by atoms with Crippen LogP contribution in [0.1, 0.15) is 47.9 Å². The van der Waals surface area contributed by atoms with Gasteiger partial charge < -0.3 is 18.8 Å². The number of hydrogen-bond acceptors (Lipinski definition) is 7. The molecule has 8 rings (SSSR count). The number of hydrogen-bond donors (Lipinski definition) is 1. The molecule has 2 fully saturated rings. The van der Waals surface area contributed by atoms with E-state index in [-0.39, 0.29) is 52.8 Å². The number of carbonyl (C=O) groups is 1. The second kappa shape index (κ2) is 15.4. The molecular weight excluding hydrogens is 771 g/mol. The van der Waals surface area contributed by atoms with Crippen molar-refractivity contribution in [3.63, 3.8) is 0 Å². The van der Waals surface area contributed by atoms with Crippen molar-refractivity contribution in [3.05, 3.63) is 88.5 Å². The van der Waals surface area contributed by atoms with Gasteiger partial charge in [0.2, 0.25) is 5.89 Å². The lowest BCUT2D eigenvalue weighted by atomic mass is 9.91. The topological polar surface area (TPSA) is 96.9 Å². The second-order valence-corrected chi connectivity index (χ2v) is 14.9. The molecule has 0 saturated carbocycles. The number of carboxylic acid groups (broad SMARTS) is 1. The summed E-state index contributed by atoms with van der Waals surface area (Å²) in [5.74, 6) is -3.61. The van der Waals surface area contributed by atoms with E-state index < -0.39 is 48.5 Å². The fraction of sp³-hybridized carbons (Fsp3) is 0.357. The molecule has 0 bridgehead atoms. The second-order valence-electron chi connectivity index (χ2n) is 14.9. The van der Waals surface area contributed by atoms with Crippen LogP contribution in [0.4, 0.5) is 30.7 Å². The number of carboxylic acids is 1. The number of aliphatic carboxylic acids is 1. The minimum atomic E-state index is -4.71. The Morgan fingerprint density at radius 1 is 0.879 bits per heavy atom. The molecule has 16 heteroatoms. The maximum atomic E-state index is 15.7. The van der Waals surface area contributed by atoms with E-state index in [4.69, 9.17) is 9.15 Å². The average Bonchev–Trinajstić information content (AvgIpc) is 3.98. The van der Waals surface area contributed by atoms with E-state index in [1.165, 1.54) is 12.1 Å². The first-order chi connectivity index (χ1) is 27.7. The van der Waals surface area contributed by atoms with Gasteiger partial charge in [0.15, 0.2) is 17.2 Å². The van der Waals surface area contributed by atoms with Gasteiger partial charge in [-0.3, -0.25) is 14.6 Å². The first kappa shape index (κ1) is 39.4. The number of nitrogens with zero attached hydrogens (tertiary/aromatic N) is 5. The molecule has 0 unspecified atom stereocenters. The number of aromatic nitrogens is 3. The van der Waals surface area contributed by atoms with E-state index >= 15 is 8.78 Å². The van der Waals surface area contributed by atoms with Gasteiger partial charge in [0.05, 0.1) is 5.52 Å². The van der Waals surface area contributed by atoms with Gasteiger partial charge >= 0.3 is 18.8 Å². The van der Waals surface area contributed by atoms with Gasteiger partial charge in [0.25, 0.3) is 0 Å². The Kier molecular flexibility index (Phi) is 10.4. The third kappa shape index (κ3) is 7.50. The summed E-state index contributed by atoms with van der Waals surface area (Å²) in [4.78, 5) is 24.4. The molecule has 0 amide bonds. The summed E-state index contributed by atoms with van der Waals surface area (Å²) >= 11 is 0. The van der Waals surface area contributed by atoms with Crippen LogP contribution in [0.3, 0.4) is 0 Å². The quantitative estimate of drug-likeness (QED) is 0.129. The van der Waals surface area contributed by atoms with E-state index in [2.05, 4.69) is 9.97 Å². The molecule has 58 heavy (non-hydrogen) atoms. The molecule has 2 saturated heterocycles. The number of ether oxygens (including phenoxy) is 1. The predicted molar refractivity (Wildman–Crippen MR) is 201 cm³/mol. The highest BCUT2D eigenvalue weighted by Gasteiger charge is 2.34. The largest absolute Gasteiger partial charge is 0.480 e. The summed E-state index contributed by atoms with van der Waals surface area (Å²) in [5.41, 5.74) is 3.42. The monoisotopic (exact) mass is 809 g/mol. The predicted octanol–water partition coefficient (Wildman–Crippen LogP) is 9.88. The summed E-state index contributed by atoms with van der Waals surface area (Å²) in [5, 5.41) is 9.66. The number of halogens is 7. The van der Waals surface area contributed by atoms with Crippen molar-refractivity contribution in [2.24, 2.45) is 0 Å². The Morgan fingerprint density at radius 3 is 2.22 bits per heavy atom. The van der Waals surface area contributed by atoms with E-state index in [0.29, 0.717) is 71.4 Å². The van der Waals surface area contributed by atoms with E-state index in [1.54, 1.807) is 55.1 Å². The molecule has 1 N–H and O–H groups in total. The summed E-state index contributed by atoms with van der Waals surface area (Å²) in [7, 11) is 0. The Labute approximate surface area is 327 Å². The molecule has 9 nitrogen and oxygen atoms in total. The number of likely N-dealkylation sites (tertiary alicyclic amines) is 2. The first-order valence-electron chi connectivity index (χ1n) is 18.9. The van der Waals surface area contributed by atoms with Crippen LogP contribution in [0.15, 0.2) is 59.0 Å². The normalized spacial score (nSPS) is 16.8. The lowest BCUT2D eigenvalue weighted by Crippen LogP contribution is -2.35. The lowest BCUT2D eigenvalue weighted by molar-refractivity contribution is -0.142. The summed E-state index contributed by atoms with van der Waals surface area (Å²) in [6.45, 7) is 0.824. The van der Waals surface area contributed by atoms with Crippen molar-refractivity contribution in [3.8, 4) is 39.7 Å². The third-order valence-electron chi connectivity index (χ3n) is 11.2.